The second-order valence-electron chi connectivity index (χ2n) is 19.4. The first-order chi connectivity index (χ1) is 22.8. The topological polar surface area (TPSA) is 66.9 Å². The molecule has 8 heteroatoms. The fourth-order valence-electron chi connectivity index (χ4n) is 14.1. The summed E-state index contributed by atoms with van der Waals surface area (Å²) >= 11 is 0. The molecule has 5 aliphatic carbocycles. The maximum atomic E-state index is 15.1. The molecule has 1 amide bonds. The van der Waals surface area contributed by atoms with Gasteiger partial charge in [-0.15, -0.1) is 0 Å². The van der Waals surface area contributed by atoms with E-state index in [0.717, 1.165) is 63.4 Å². The van der Waals surface area contributed by atoms with Crippen molar-refractivity contribution in [1.82, 2.24) is 9.80 Å². The average Bonchev–Trinajstić information content (AvgIpc) is 3.69. The number of hydrogen-bond donors (Lipinski definition) is 0. The molecule has 7 aliphatic rings. The van der Waals surface area contributed by atoms with Crippen LogP contribution < -0.4 is 0 Å². The lowest BCUT2D eigenvalue weighted by atomic mass is 9.33. The van der Waals surface area contributed by atoms with Crippen LogP contribution in [0.4, 0.5) is 8.78 Å². The average molecular weight is 685 g/mol. The van der Waals surface area contributed by atoms with Gasteiger partial charge in [0.2, 0.25) is 5.91 Å². The van der Waals surface area contributed by atoms with Crippen molar-refractivity contribution in [2.24, 2.45) is 50.7 Å². The number of alkyl halides is 2. The second-order valence-corrected chi connectivity index (χ2v) is 19.4. The highest BCUT2D eigenvalue weighted by molar-refractivity contribution is 6.07. The van der Waals surface area contributed by atoms with E-state index in [1.165, 1.54) is 12.5 Å². The molecule has 4 saturated carbocycles. The lowest BCUT2D eigenvalue weighted by Crippen LogP contribution is -2.66. The SMILES string of the molecule is CC(=O)O[C@H]1CC[C@]2(C)[C@H]3CC[C@@H]4C5=C(C(C)C)C(=O)C[C@]5(C(=O)N5CCC[C@H]5CN5CCC(F)(F)C5)CC[C@@]4(C)[C@]3(C)CC[C@H]2C1(C)C. The Morgan fingerprint density at radius 3 is 2.27 bits per heavy atom. The van der Waals surface area contributed by atoms with E-state index in [-0.39, 0.29) is 82.7 Å². The molecule has 49 heavy (non-hydrogen) atoms. The summed E-state index contributed by atoms with van der Waals surface area (Å²) in [5.41, 5.74) is 1.33. The molecule has 0 aromatic rings. The highest BCUT2D eigenvalue weighted by Crippen LogP contribution is 2.77. The van der Waals surface area contributed by atoms with Crippen LogP contribution in [-0.2, 0) is 19.1 Å². The smallest absolute Gasteiger partial charge is 0.302 e. The van der Waals surface area contributed by atoms with Crippen LogP contribution in [0.5, 0.6) is 0 Å². The van der Waals surface area contributed by atoms with E-state index in [9.17, 15) is 18.4 Å². The standard InChI is InChI=1S/C41H62F2N2O4/c1-25(2)33-29(47)22-40(35(48)45-20-9-10-27(45)23-44-21-19-41(42,43)24-44)18-17-38(7)28(34(33)40)11-12-31-37(6)15-14-32(49-26(3)46)36(4,5)30(37)13-16-39(31,38)8/h25,27-28,30-32H,9-24H2,1-8H3/t27-,28+,30-,31+,32-,37-,38+,39+,40+/m0/s1. The number of halogens is 2. The predicted molar refractivity (Wildman–Crippen MR) is 186 cm³/mol. The third-order valence-electron chi connectivity index (χ3n) is 16.4. The lowest BCUT2D eigenvalue weighted by Gasteiger charge is -2.72. The van der Waals surface area contributed by atoms with Gasteiger partial charge in [-0.05, 0) is 115 Å². The van der Waals surface area contributed by atoms with Crippen molar-refractivity contribution in [3.05, 3.63) is 11.1 Å². The van der Waals surface area contributed by atoms with Gasteiger partial charge in [-0.1, -0.05) is 48.5 Å². The quantitative estimate of drug-likeness (QED) is 0.273. The van der Waals surface area contributed by atoms with E-state index in [2.05, 4.69) is 48.5 Å². The number of carbonyl (C=O) groups is 3. The molecule has 0 unspecified atom stereocenters. The number of amides is 1. The molecular weight excluding hydrogens is 622 g/mol. The van der Waals surface area contributed by atoms with Gasteiger partial charge in [-0.25, -0.2) is 8.78 Å². The van der Waals surface area contributed by atoms with Crippen LogP contribution in [0.15, 0.2) is 11.1 Å². The Bertz CT molecular complexity index is 1440. The Hall–Kier alpha value is -1.83. The molecule has 6 nitrogen and oxygen atoms in total. The molecule has 274 valence electrons. The van der Waals surface area contributed by atoms with Gasteiger partial charge in [0.1, 0.15) is 6.10 Å². The van der Waals surface area contributed by atoms with Gasteiger partial charge in [0.05, 0.1) is 12.0 Å². The van der Waals surface area contributed by atoms with E-state index in [1.807, 2.05) is 9.80 Å². The van der Waals surface area contributed by atoms with Gasteiger partial charge in [0, 0.05) is 50.9 Å². The highest BCUT2D eigenvalue weighted by atomic mass is 19.3. The molecule has 6 fully saturated rings. The molecule has 0 radical (unpaired) electrons. The molecule has 0 N–H and O–H groups in total. The van der Waals surface area contributed by atoms with Crippen LogP contribution >= 0.6 is 0 Å². The fraction of sp³-hybridized carbons (Fsp3) is 0.878. The molecule has 0 bridgehead atoms. The van der Waals surface area contributed by atoms with Crippen molar-refractivity contribution in [2.45, 2.75) is 151 Å². The molecule has 2 heterocycles. The Morgan fingerprint density at radius 1 is 0.878 bits per heavy atom. The number of likely N-dealkylation sites (tertiary alicyclic amines) is 2. The minimum absolute atomic E-state index is 0.0454. The zero-order chi connectivity index (χ0) is 35.5. The highest BCUT2D eigenvalue weighted by Gasteiger charge is 2.71. The molecule has 2 aliphatic heterocycles. The summed E-state index contributed by atoms with van der Waals surface area (Å²) in [6, 6.07) is -0.0718. The number of rotatable bonds is 5. The van der Waals surface area contributed by atoms with Crippen molar-refractivity contribution in [3.63, 3.8) is 0 Å². The zero-order valence-corrected chi connectivity index (χ0v) is 31.6. The third-order valence-corrected chi connectivity index (χ3v) is 16.4. The van der Waals surface area contributed by atoms with Crippen molar-refractivity contribution < 1.29 is 27.9 Å². The molecule has 2 saturated heterocycles. The number of hydrogen-bond acceptors (Lipinski definition) is 5. The van der Waals surface area contributed by atoms with Gasteiger partial charge in [-0.2, -0.15) is 0 Å². The van der Waals surface area contributed by atoms with Crippen molar-refractivity contribution in [3.8, 4) is 0 Å². The van der Waals surface area contributed by atoms with E-state index in [1.54, 1.807) is 0 Å². The summed E-state index contributed by atoms with van der Waals surface area (Å²) in [4.78, 5) is 45.2. The number of allylic oxidation sites excluding steroid dienone is 1. The van der Waals surface area contributed by atoms with Crippen LogP contribution in [0.3, 0.4) is 0 Å². The van der Waals surface area contributed by atoms with Crippen LogP contribution in [0, 0.1) is 50.7 Å². The maximum Gasteiger partial charge on any atom is 0.302 e. The van der Waals surface area contributed by atoms with Crippen LogP contribution in [-0.4, -0.2) is 71.7 Å². The van der Waals surface area contributed by atoms with Gasteiger partial charge in [-0.3, -0.25) is 19.3 Å². The number of nitrogens with zero attached hydrogens (tertiary/aromatic N) is 2. The van der Waals surface area contributed by atoms with Crippen LogP contribution in [0.1, 0.15) is 132 Å². The normalized spacial score (nSPS) is 44.4. The zero-order valence-electron chi connectivity index (χ0n) is 31.6. The fourth-order valence-corrected chi connectivity index (χ4v) is 14.1. The Labute approximate surface area is 293 Å². The summed E-state index contributed by atoms with van der Waals surface area (Å²) in [5.74, 6) is -1.36. The first-order valence-electron chi connectivity index (χ1n) is 19.7. The van der Waals surface area contributed by atoms with Crippen molar-refractivity contribution in [1.29, 1.82) is 0 Å². The number of ether oxygens (including phenoxy) is 1. The van der Waals surface area contributed by atoms with Gasteiger partial charge in [0.25, 0.3) is 5.92 Å². The molecule has 9 atom stereocenters. The number of ketones is 1. The summed E-state index contributed by atoms with van der Waals surface area (Å²) < 4.78 is 34.2. The monoisotopic (exact) mass is 684 g/mol. The number of fused-ring (bicyclic) bond motifs is 7. The first-order valence-corrected chi connectivity index (χ1v) is 19.7. The van der Waals surface area contributed by atoms with Gasteiger partial charge in [0.15, 0.2) is 5.78 Å². The van der Waals surface area contributed by atoms with E-state index >= 15 is 4.79 Å². The molecule has 0 aromatic carbocycles. The Kier molecular flexibility index (Phi) is 8.41. The molecule has 0 spiro atoms. The minimum Gasteiger partial charge on any atom is -0.462 e. The molecular formula is C41H62F2N2O4. The minimum atomic E-state index is -2.65. The Morgan fingerprint density at radius 2 is 1.61 bits per heavy atom. The largest absolute Gasteiger partial charge is 0.462 e. The number of Topliss-reactive ketones (excluding diaryl/α,β-unsaturated/α-hetero) is 1. The van der Waals surface area contributed by atoms with Crippen molar-refractivity contribution in [2.75, 3.05) is 26.2 Å². The summed E-state index contributed by atoms with van der Waals surface area (Å²) in [6.45, 7) is 19.3. The molecule has 0 aromatic heterocycles. The van der Waals surface area contributed by atoms with E-state index in [0.29, 0.717) is 37.9 Å². The van der Waals surface area contributed by atoms with Crippen LogP contribution in [0.25, 0.3) is 0 Å². The van der Waals surface area contributed by atoms with E-state index < -0.39 is 11.3 Å². The third kappa shape index (κ3) is 5.08. The molecule has 7 rings (SSSR count). The number of carbonyl (C=O) groups excluding carboxylic acids is 3. The van der Waals surface area contributed by atoms with Gasteiger partial charge < -0.3 is 9.64 Å². The van der Waals surface area contributed by atoms with Crippen molar-refractivity contribution >= 4 is 17.7 Å². The lowest BCUT2D eigenvalue weighted by molar-refractivity contribution is -0.232. The maximum absolute atomic E-state index is 15.1. The number of esters is 1. The Balaban J connectivity index is 1.22. The summed E-state index contributed by atoms with van der Waals surface area (Å²) in [5, 5.41) is 0. The van der Waals surface area contributed by atoms with Gasteiger partial charge >= 0.3 is 5.97 Å². The second kappa shape index (κ2) is 11.6. The first kappa shape index (κ1) is 35.6. The summed E-state index contributed by atoms with van der Waals surface area (Å²) in [7, 11) is 0. The summed E-state index contributed by atoms with van der Waals surface area (Å²) in [6.07, 6.45) is 9.69. The van der Waals surface area contributed by atoms with E-state index in [4.69, 9.17) is 4.74 Å². The van der Waals surface area contributed by atoms with Crippen LogP contribution in [0.2, 0.25) is 0 Å². The predicted octanol–water partition coefficient (Wildman–Crippen LogP) is 8.23.